The van der Waals surface area contributed by atoms with Crippen molar-refractivity contribution in [2.24, 2.45) is 9.98 Å². The Kier molecular flexibility index (Phi) is 10.5. The van der Waals surface area contributed by atoms with Crippen molar-refractivity contribution in [2.45, 2.75) is 13.8 Å². The number of thiazole rings is 2. The maximum atomic E-state index is 14.2. The number of hydrogen-bond acceptors (Lipinski definition) is 9. The third kappa shape index (κ3) is 7.68. The second-order valence-electron chi connectivity index (χ2n) is 15.1. The molecular formula is C52H33N9O2S2. The number of aromatic amines is 1. The van der Waals surface area contributed by atoms with Crippen molar-refractivity contribution in [3.05, 3.63) is 190 Å². The second-order valence-corrected chi connectivity index (χ2v) is 17.2. The van der Waals surface area contributed by atoms with Gasteiger partial charge < -0.3 is 15.6 Å². The van der Waals surface area contributed by atoms with E-state index in [2.05, 4.69) is 27.8 Å². The molecule has 0 bridgehead atoms. The Labute approximate surface area is 380 Å². The first-order valence-corrected chi connectivity index (χ1v) is 22.0. The first-order chi connectivity index (χ1) is 31.8. The largest absolute Gasteiger partial charge is 0.325 e. The summed E-state index contributed by atoms with van der Waals surface area (Å²) in [6.07, 6.45) is 0. The number of carbonyl (C=O) groups excluding carboxylic acids is 2. The van der Waals surface area contributed by atoms with E-state index in [-0.39, 0.29) is 23.5 Å². The van der Waals surface area contributed by atoms with Crippen LogP contribution in [-0.4, -0.2) is 38.4 Å². The monoisotopic (exact) mass is 879 g/mol. The van der Waals surface area contributed by atoms with Crippen molar-refractivity contribution >= 4 is 89.4 Å². The Morgan fingerprint density at radius 2 is 1.09 bits per heavy atom. The van der Waals surface area contributed by atoms with Gasteiger partial charge in [0.1, 0.15) is 27.5 Å². The molecule has 0 radical (unpaired) electrons. The molecule has 1 aliphatic heterocycles. The van der Waals surface area contributed by atoms with Crippen LogP contribution in [0.5, 0.6) is 0 Å². The molecule has 2 amide bonds. The number of nitrogens with zero attached hydrogens (tertiary/aromatic N) is 6. The molecule has 6 aromatic carbocycles. The van der Waals surface area contributed by atoms with Crippen molar-refractivity contribution in [3.8, 4) is 33.8 Å². The lowest BCUT2D eigenvalue weighted by Crippen LogP contribution is -2.31. The van der Waals surface area contributed by atoms with Crippen LogP contribution in [0.25, 0.3) is 53.3 Å². The molecule has 11 nitrogen and oxygen atoms in total. The number of carbonyl (C=O) groups is 2. The molecule has 0 unspecified atom stereocenters. The van der Waals surface area contributed by atoms with Crippen LogP contribution in [0.4, 0.5) is 11.6 Å². The summed E-state index contributed by atoms with van der Waals surface area (Å²) in [6.45, 7) is 3.75. The van der Waals surface area contributed by atoms with Gasteiger partial charge >= 0.3 is 0 Å². The number of hydrogen-bond donors (Lipinski definition) is 3. The molecule has 1 aliphatic rings. The van der Waals surface area contributed by atoms with Crippen LogP contribution in [0.15, 0.2) is 156 Å². The standard InChI is InChI=1S/C52H33N9O2S2/c1-29-11-3-5-13-35(29)49(62)60-47-43(51-55-37-15-7-9-17-39(37)64-51)41(33-23-19-31(27-53)20-24-33)45(58-47)57-46-42(34-25-21-32(28-54)22-26-34)44(52-56-38-16-8-10-18-40(38)65-52)48(59-46)61-50(63)36-14-6-4-12-30(36)2/h3-26,58H,1-2H3,(H,60,62)(H,57,59,61,63). The lowest BCUT2D eigenvalue weighted by molar-refractivity contribution is 0.0975. The predicted molar refractivity (Wildman–Crippen MR) is 259 cm³/mol. The summed E-state index contributed by atoms with van der Waals surface area (Å²) in [6, 6.07) is 48.9. The van der Waals surface area contributed by atoms with Crippen LogP contribution in [0.3, 0.4) is 0 Å². The van der Waals surface area contributed by atoms with Gasteiger partial charge in [-0.3, -0.25) is 9.59 Å². The molecule has 0 atom stereocenters. The first kappa shape index (κ1) is 40.5. The number of fused-ring (bicyclic) bond motifs is 2. The molecule has 65 heavy (non-hydrogen) atoms. The van der Waals surface area contributed by atoms with Crippen LogP contribution >= 0.6 is 22.7 Å². The van der Waals surface area contributed by atoms with Gasteiger partial charge in [0, 0.05) is 22.3 Å². The summed E-state index contributed by atoms with van der Waals surface area (Å²) in [4.78, 5) is 52.5. The number of nitrogens with one attached hydrogen (secondary N) is 3. The SMILES string of the molecule is Cc1ccccc1C(=O)NC1=NC(=Nc2[nH]c(NC(=O)c3ccccc3C)c(-c3nc4ccccc4s3)c2-c2ccc(C#N)cc2)C(c2ccc(C#N)cc2)=C1c1nc2ccccc2s1. The van der Waals surface area contributed by atoms with E-state index in [4.69, 9.17) is 20.0 Å². The number of H-pyrrole nitrogens is 1. The Bertz CT molecular complexity index is 3510. The summed E-state index contributed by atoms with van der Waals surface area (Å²) < 4.78 is 1.88. The zero-order valence-corrected chi connectivity index (χ0v) is 36.3. The molecule has 3 aromatic heterocycles. The van der Waals surface area contributed by atoms with E-state index in [9.17, 15) is 20.1 Å². The number of amides is 2. The minimum absolute atomic E-state index is 0.229. The fourth-order valence-corrected chi connectivity index (χ4v) is 9.80. The first-order valence-electron chi connectivity index (χ1n) is 20.4. The number of para-hydroxylation sites is 2. The van der Waals surface area contributed by atoms with Crippen LogP contribution < -0.4 is 10.6 Å². The van der Waals surface area contributed by atoms with Crippen LogP contribution in [-0.2, 0) is 0 Å². The molecular weight excluding hydrogens is 847 g/mol. The third-order valence-electron chi connectivity index (χ3n) is 11.0. The number of aliphatic imine (C=N–C) groups is 2. The number of nitriles is 2. The number of rotatable bonds is 8. The minimum atomic E-state index is -0.363. The molecule has 0 fully saturated rings. The van der Waals surface area contributed by atoms with Crippen molar-refractivity contribution in [1.82, 2.24) is 20.3 Å². The molecule has 0 saturated heterocycles. The average molecular weight is 880 g/mol. The quantitative estimate of drug-likeness (QED) is 0.137. The lowest BCUT2D eigenvalue weighted by Gasteiger charge is -2.11. The highest BCUT2D eigenvalue weighted by atomic mass is 32.1. The normalized spacial score (nSPS) is 12.9. The number of aromatic nitrogens is 3. The van der Waals surface area contributed by atoms with Gasteiger partial charge in [0.25, 0.3) is 11.8 Å². The summed E-state index contributed by atoms with van der Waals surface area (Å²) in [7, 11) is 0. The summed E-state index contributed by atoms with van der Waals surface area (Å²) >= 11 is 2.93. The zero-order chi connectivity index (χ0) is 44.6. The Hall–Kier alpha value is -8.62. The lowest BCUT2D eigenvalue weighted by atomic mass is 9.98. The van der Waals surface area contributed by atoms with Crippen LogP contribution in [0, 0.1) is 36.5 Å². The number of benzene rings is 6. The van der Waals surface area contributed by atoms with Gasteiger partial charge in [-0.25, -0.2) is 20.0 Å². The van der Waals surface area contributed by atoms with Gasteiger partial charge in [0.15, 0.2) is 5.84 Å². The highest BCUT2D eigenvalue weighted by Crippen LogP contribution is 2.48. The second kappa shape index (κ2) is 16.9. The molecule has 10 rings (SSSR count). The summed E-state index contributed by atoms with van der Waals surface area (Å²) in [5.41, 5.74) is 8.68. The van der Waals surface area contributed by atoms with Gasteiger partial charge in [-0.05, 0) is 96.8 Å². The Balaban J connectivity index is 1.26. The van der Waals surface area contributed by atoms with Gasteiger partial charge in [-0.2, -0.15) is 10.5 Å². The van der Waals surface area contributed by atoms with Crippen LogP contribution in [0.1, 0.15) is 53.5 Å². The minimum Gasteiger partial charge on any atom is -0.325 e. The van der Waals surface area contributed by atoms with E-state index < -0.39 is 0 Å². The summed E-state index contributed by atoms with van der Waals surface area (Å²) in [5, 5.41) is 27.1. The van der Waals surface area contributed by atoms with E-state index in [0.29, 0.717) is 77.3 Å². The van der Waals surface area contributed by atoms with E-state index >= 15 is 0 Å². The van der Waals surface area contributed by atoms with E-state index in [0.717, 1.165) is 31.6 Å². The topological polar surface area (TPSA) is 172 Å². The van der Waals surface area contributed by atoms with Crippen LogP contribution in [0.2, 0.25) is 0 Å². The Morgan fingerprint density at radius 1 is 0.585 bits per heavy atom. The van der Waals surface area contributed by atoms with Crippen molar-refractivity contribution in [3.63, 3.8) is 0 Å². The highest BCUT2D eigenvalue weighted by Gasteiger charge is 2.33. The number of amidine groups is 2. The van der Waals surface area contributed by atoms with Gasteiger partial charge in [0.2, 0.25) is 0 Å². The van der Waals surface area contributed by atoms with Gasteiger partial charge in [-0.1, -0.05) is 84.9 Å². The highest BCUT2D eigenvalue weighted by molar-refractivity contribution is 7.21. The van der Waals surface area contributed by atoms with Crippen molar-refractivity contribution < 1.29 is 9.59 Å². The molecule has 3 N–H and O–H groups in total. The number of anilines is 1. The zero-order valence-electron chi connectivity index (χ0n) is 34.7. The molecule has 4 heterocycles. The van der Waals surface area contributed by atoms with Crippen molar-refractivity contribution in [1.29, 1.82) is 10.5 Å². The maximum Gasteiger partial charge on any atom is 0.257 e. The van der Waals surface area contributed by atoms with Gasteiger partial charge in [-0.15, -0.1) is 22.7 Å². The number of aryl methyl sites for hydroxylation is 2. The fourth-order valence-electron chi connectivity index (χ4n) is 7.76. The van der Waals surface area contributed by atoms with Crippen molar-refractivity contribution in [2.75, 3.05) is 5.32 Å². The molecule has 9 aromatic rings. The summed E-state index contributed by atoms with van der Waals surface area (Å²) in [5.74, 6) is 0.437. The predicted octanol–water partition coefficient (Wildman–Crippen LogP) is 11.7. The average Bonchev–Trinajstić information content (AvgIpc) is 4.12. The molecule has 13 heteroatoms. The maximum absolute atomic E-state index is 14.2. The van der Waals surface area contributed by atoms with E-state index in [1.165, 1.54) is 22.7 Å². The molecule has 0 spiro atoms. The van der Waals surface area contributed by atoms with E-state index in [1.54, 1.807) is 36.4 Å². The Morgan fingerprint density at radius 3 is 1.66 bits per heavy atom. The fraction of sp³-hybridized carbons (Fsp3) is 0.0385. The molecule has 310 valence electrons. The third-order valence-corrected chi connectivity index (χ3v) is 13.1. The van der Waals surface area contributed by atoms with Gasteiger partial charge in [0.05, 0.1) is 54.8 Å². The smallest absolute Gasteiger partial charge is 0.257 e. The molecule has 0 saturated carbocycles. The molecule has 0 aliphatic carbocycles. The van der Waals surface area contributed by atoms with E-state index in [1.807, 2.05) is 123 Å².